The molecule has 102 valence electrons. The number of nitrogens with zero attached hydrogens (tertiary/aromatic N) is 4. The Kier molecular flexibility index (Phi) is 5.31. The van der Waals surface area contributed by atoms with E-state index in [0.29, 0.717) is 0 Å². The predicted molar refractivity (Wildman–Crippen MR) is 75.4 cm³/mol. The smallest absolute Gasteiger partial charge is 0.0978 e. The molecule has 1 saturated heterocycles. The van der Waals surface area contributed by atoms with Crippen LogP contribution >= 0.6 is 0 Å². The van der Waals surface area contributed by atoms with E-state index in [4.69, 9.17) is 0 Å². The van der Waals surface area contributed by atoms with Crippen molar-refractivity contribution in [1.29, 1.82) is 5.26 Å². The molecule has 0 spiro atoms. The van der Waals surface area contributed by atoms with Crippen molar-refractivity contribution in [2.45, 2.75) is 32.4 Å². The lowest BCUT2D eigenvalue weighted by molar-refractivity contribution is 0.105. The van der Waals surface area contributed by atoms with Gasteiger partial charge in [0, 0.05) is 38.9 Å². The lowest BCUT2D eigenvalue weighted by Gasteiger charge is -2.36. The van der Waals surface area contributed by atoms with Gasteiger partial charge < -0.3 is 0 Å². The average Bonchev–Trinajstić information content (AvgIpc) is 2.47. The first-order chi connectivity index (χ1) is 9.33. The Bertz CT molecular complexity index is 404. The second-order valence-corrected chi connectivity index (χ2v) is 5.07. The fraction of sp³-hybridized carbons (Fsp3) is 0.600. The summed E-state index contributed by atoms with van der Waals surface area (Å²) in [6.45, 7) is 7.09. The molecule has 1 fully saturated rings. The van der Waals surface area contributed by atoms with Gasteiger partial charge in [-0.1, -0.05) is 19.4 Å². The molecule has 0 N–H and O–H groups in total. The van der Waals surface area contributed by atoms with Crippen LogP contribution in [0.1, 0.15) is 25.5 Å². The molecule has 0 amide bonds. The number of pyridine rings is 1. The molecule has 2 rings (SSSR count). The van der Waals surface area contributed by atoms with Crippen LogP contribution in [0, 0.1) is 11.3 Å². The van der Waals surface area contributed by atoms with E-state index in [9.17, 15) is 5.26 Å². The van der Waals surface area contributed by atoms with Gasteiger partial charge in [0.05, 0.1) is 17.8 Å². The molecule has 2 heterocycles. The zero-order valence-electron chi connectivity index (χ0n) is 11.6. The number of hydrogen-bond acceptors (Lipinski definition) is 4. The van der Waals surface area contributed by atoms with Crippen LogP contribution in [0.5, 0.6) is 0 Å². The van der Waals surface area contributed by atoms with Crippen molar-refractivity contribution in [2.24, 2.45) is 0 Å². The highest BCUT2D eigenvalue weighted by Crippen LogP contribution is 2.12. The summed E-state index contributed by atoms with van der Waals surface area (Å²) in [5.74, 6) is 0. The van der Waals surface area contributed by atoms with Gasteiger partial charge in [0.25, 0.3) is 0 Å². The normalized spacial score (nSPS) is 18.9. The van der Waals surface area contributed by atoms with Gasteiger partial charge >= 0.3 is 0 Å². The lowest BCUT2D eigenvalue weighted by Crippen LogP contribution is -2.49. The van der Waals surface area contributed by atoms with E-state index in [-0.39, 0.29) is 6.04 Å². The van der Waals surface area contributed by atoms with Crippen LogP contribution in [0.4, 0.5) is 0 Å². The Labute approximate surface area is 115 Å². The fourth-order valence-electron chi connectivity index (χ4n) is 2.56. The molecule has 0 aromatic carbocycles. The third kappa shape index (κ3) is 4.02. The van der Waals surface area contributed by atoms with Crippen LogP contribution in [-0.2, 0) is 6.54 Å². The minimum atomic E-state index is 0.0991. The molecule has 0 radical (unpaired) electrons. The summed E-state index contributed by atoms with van der Waals surface area (Å²) < 4.78 is 0. The van der Waals surface area contributed by atoms with Crippen molar-refractivity contribution in [3.05, 3.63) is 30.1 Å². The highest BCUT2D eigenvalue weighted by atomic mass is 15.3. The molecule has 0 bridgehead atoms. The van der Waals surface area contributed by atoms with Crippen LogP contribution in [0.3, 0.4) is 0 Å². The first-order valence-corrected chi connectivity index (χ1v) is 7.09. The molecular formula is C15H22N4. The third-order valence-corrected chi connectivity index (χ3v) is 3.67. The van der Waals surface area contributed by atoms with Crippen molar-refractivity contribution >= 4 is 0 Å². The van der Waals surface area contributed by atoms with Crippen LogP contribution in [0.15, 0.2) is 24.4 Å². The molecule has 0 saturated carbocycles. The lowest BCUT2D eigenvalue weighted by atomic mass is 10.1. The van der Waals surface area contributed by atoms with Crippen LogP contribution in [0.2, 0.25) is 0 Å². The summed E-state index contributed by atoms with van der Waals surface area (Å²) in [7, 11) is 0. The zero-order chi connectivity index (χ0) is 13.5. The predicted octanol–water partition coefficient (Wildman–Crippen LogP) is 1.89. The van der Waals surface area contributed by atoms with Gasteiger partial charge in [-0.15, -0.1) is 0 Å². The van der Waals surface area contributed by atoms with E-state index in [2.05, 4.69) is 33.8 Å². The van der Waals surface area contributed by atoms with Crippen molar-refractivity contribution in [1.82, 2.24) is 14.8 Å². The van der Waals surface area contributed by atoms with Crippen LogP contribution in [-0.4, -0.2) is 47.0 Å². The summed E-state index contributed by atoms with van der Waals surface area (Å²) in [6, 6.07) is 8.58. The van der Waals surface area contributed by atoms with Gasteiger partial charge in [-0.2, -0.15) is 5.26 Å². The molecule has 4 heteroatoms. The number of rotatable bonds is 5. The molecule has 1 aliphatic heterocycles. The Morgan fingerprint density at radius 1 is 1.32 bits per heavy atom. The van der Waals surface area contributed by atoms with Gasteiger partial charge in [-0.3, -0.25) is 14.8 Å². The molecule has 1 aliphatic rings. The Morgan fingerprint density at radius 2 is 2.11 bits per heavy atom. The number of nitriles is 1. The van der Waals surface area contributed by atoms with Gasteiger partial charge in [-0.05, 0) is 18.6 Å². The first-order valence-electron chi connectivity index (χ1n) is 7.09. The molecule has 1 atom stereocenters. The Morgan fingerprint density at radius 3 is 2.68 bits per heavy atom. The van der Waals surface area contributed by atoms with Gasteiger partial charge in [0.15, 0.2) is 0 Å². The Balaban J connectivity index is 1.81. The van der Waals surface area contributed by atoms with Crippen molar-refractivity contribution in [3.8, 4) is 6.07 Å². The third-order valence-electron chi connectivity index (χ3n) is 3.67. The molecule has 4 nitrogen and oxygen atoms in total. The molecule has 19 heavy (non-hydrogen) atoms. The Hall–Kier alpha value is -1.44. The highest BCUT2D eigenvalue weighted by Gasteiger charge is 2.23. The van der Waals surface area contributed by atoms with E-state index in [1.54, 1.807) is 0 Å². The molecule has 1 unspecified atom stereocenters. The maximum Gasteiger partial charge on any atom is 0.0978 e. The minimum absolute atomic E-state index is 0.0991. The van der Waals surface area contributed by atoms with E-state index in [1.807, 2.05) is 18.3 Å². The summed E-state index contributed by atoms with van der Waals surface area (Å²) in [4.78, 5) is 9.10. The molecular weight excluding hydrogens is 236 g/mol. The van der Waals surface area contributed by atoms with Crippen LogP contribution < -0.4 is 0 Å². The topological polar surface area (TPSA) is 43.2 Å². The second kappa shape index (κ2) is 7.22. The standard InChI is InChI=1S/C15H22N4/c1-2-5-15(12-16)19-10-8-18(9-11-19)13-14-6-3-4-7-17-14/h3-4,6-7,15H,2,5,8-11,13H2,1H3. The van der Waals surface area contributed by atoms with E-state index < -0.39 is 0 Å². The molecule has 1 aromatic heterocycles. The van der Waals surface area contributed by atoms with E-state index >= 15 is 0 Å². The SMILES string of the molecule is CCCC(C#N)N1CCN(Cc2ccccn2)CC1. The van der Waals surface area contributed by atoms with E-state index in [1.165, 1.54) is 0 Å². The van der Waals surface area contributed by atoms with Crippen molar-refractivity contribution in [3.63, 3.8) is 0 Å². The summed E-state index contributed by atoms with van der Waals surface area (Å²) >= 11 is 0. The minimum Gasteiger partial charge on any atom is -0.295 e. The maximum absolute atomic E-state index is 9.20. The number of aromatic nitrogens is 1. The van der Waals surface area contributed by atoms with Crippen LogP contribution in [0.25, 0.3) is 0 Å². The van der Waals surface area contributed by atoms with Crippen molar-refractivity contribution < 1.29 is 0 Å². The van der Waals surface area contributed by atoms with Crippen molar-refractivity contribution in [2.75, 3.05) is 26.2 Å². The first kappa shape index (κ1) is 14.0. The maximum atomic E-state index is 9.20. The van der Waals surface area contributed by atoms with Gasteiger partial charge in [-0.25, -0.2) is 0 Å². The molecule has 0 aliphatic carbocycles. The number of hydrogen-bond donors (Lipinski definition) is 0. The highest BCUT2D eigenvalue weighted by molar-refractivity contribution is 5.03. The average molecular weight is 258 g/mol. The number of piperazine rings is 1. The van der Waals surface area contributed by atoms with E-state index in [0.717, 1.165) is 51.3 Å². The largest absolute Gasteiger partial charge is 0.295 e. The summed E-state index contributed by atoms with van der Waals surface area (Å²) in [6.07, 6.45) is 3.90. The quantitative estimate of drug-likeness (QED) is 0.809. The second-order valence-electron chi connectivity index (χ2n) is 5.07. The fourth-order valence-corrected chi connectivity index (χ4v) is 2.56. The zero-order valence-corrected chi connectivity index (χ0v) is 11.6. The molecule has 1 aromatic rings. The van der Waals surface area contributed by atoms with Gasteiger partial charge in [0.1, 0.15) is 0 Å². The van der Waals surface area contributed by atoms with Gasteiger partial charge in [0.2, 0.25) is 0 Å². The summed E-state index contributed by atoms with van der Waals surface area (Å²) in [5, 5.41) is 9.20. The summed E-state index contributed by atoms with van der Waals surface area (Å²) in [5.41, 5.74) is 1.13. The monoisotopic (exact) mass is 258 g/mol.